The summed E-state index contributed by atoms with van der Waals surface area (Å²) in [6, 6.07) is 6.57. The largest absolute Gasteiger partial charge is 0.310 e. The van der Waals surface area contributed by atoms with Gasteiger partial charge in [0.1, 0.15) is 10.8 Å². The first-order chi connectivity index (χ1) is 8.44. The number of aryl methyl sites for hydroxylation is 1. The molecular weight excluding hydrogens is 247 g/mol. The summed E-state index contributed by atoms with van der Waals surface area (Å²) in [5.41, 5.74) is 1.72. The molecule has 1 heterocycles. The highest BCUT2D eigenvalue weighted by molar-refractivity contribution is 7.15. The first-order valence-corrected chi connectivity index (χ1v) is 6.68. The molecule has 0 radical (unpaired) electrons. The van der Waals surface area contributed by atoms with E-state index in [1.807, 2.05) is 20.0 Å². The predicted octanol–water partition coefficient (Wildman–Crippen LogP) is 3.71. The number of nitrogens with one attached hydrogen (secondary N) is 1. The summed E-state index contributed by atoms with van der Waals surface area (Å²) >= 11 is 1.61. The molecule has 0 saturated carbocycles. The molecule has 4 heteroatoms. The van der Waals surface area contributed by atoms with Crippen LogP contribution in [0.4, 0.5) is 4.39 Å². The second kappa shape index (κ2) is 4.78. The minimum atomic E-state index is -0.227. The van der Waals surface area contributed by atoms with E-state index in [2.05, 4.69) is 24.1 Å². The van der Waals surface area contributed by atoms with Crippen LogP contribution in [0.2, 0.25) is 0 Å². The maximum atomic E-state index is 13.2. The smallest absolute Gasteiger partial charge is 0.124 e. The Morgan fingerprint density at radius 3 is 2.67 bits per heavy atom. The first kappa shape index (κ1) is 13.2. The van der Waals surface area contributed by atoms with Crippen LogP contribution < -0.4 is 5.32 Å². The highest BCUT2D eigenvalue weighted by atomic mass is 32.1. The van der Waals surface area contributed by atoms with Crippen LogP contribution in [0.1, 0.15) is 24.4 Å². The van der Waals surface area contributed by atoms with Gasteiger partial charge in [-0.15, -0.1) is 11.3 Å². The van der Waals surface area contributed by atoms with Crippen LogP contribution in [-0.2, 0) is 5.54 Å². The first-order valence-electron chi connectivity index (χ1n) is 5.87. The molecule has 1 aromatic heterocycles. The van der Waals surface area contributed by atoms with Gasteiger partial charge in [-0.25, -0.2) is 9.37 Å². The third kappa shape index (κ3) is 2.44. The van der Waals surface area contributed by atoms with Crippen molar-refractivity contribution in [2.75, 3.05) is 7.05 Å². The van der Waals surface area contributed by atoms with Gasteiger partial charge in [0.15, 0.2) is 0 Å². The molecule has 2 rings (SSSR count). The highest BCUT2D eigenvalue weighted by Gasteiger charge is 2.24. The van der Waals surface area contributed by atoms with E-state index >= 15 is 0 Å². The average Bonchev–Trinajstić information content (AvgIpc) is 2.72. The topological polar surface area (TPSA) is 24.9 Å². The van der Waals surface area contributed by atoms with Gasteiger partial charge in [0.05, 0.1) is 5.69 Å². The summed E-state index contributed by atoms with van der Waals surface area (Å²) in [4.78, 5) is 5.73. The van der Waals surface area contributed by atoms with Gasteiger partial charge in [0.25, 0.3) is 0 Å². The molecule has 1 N–H and O–H groups in total. The zero-order valence-corrected chi connectivity index (χ0v) is 11.9. The Labute approximate surface area is 111 Å². The summed E-state index contributed by atoms with van der Waals surface area (Å²) in [6.45, 7) is 6.22. The second-order valence-corrected chi connectivity index (χ2v) is 5.82. The fourth-order valence-corrected chi connectivity index (χ4v) is 3.01. The molecule has 2 aromatic rings. The monoisotopic (exact) mass is 264 g/mol. The van der Waals surface area contributed by atoms with Crippen LogP contribution in [0.3, 0.4) is 0 Å². The van der Waals surface area contributed by atoms with Crippen molar-refractivity contribution >= 4 is 11.3 Å². The number of thiazole rings is 1. The molecule has 0 aliphatic rings. The number of hydrogen-bond donors (Lipinski definition) is 1. The van der Waals surface area contributed by atoms with E-state index in [1.165, 1.54) is 17.0 Å². The summed E-state index contributed by atoms with van der Waals surface area (Å²) in [6.07, 6.45) is 0. The number of hydrogen-bond acceptors (Lipinski definition) is 3. The molecule has 0 atom stereocenters. The van der Waals surface area contributed by atoms with Crippen molar-refractivity contribution in [1.82, 2.24) is 10.3 Å². The molecule has 96 valence electrons. The van der Waals surface area contributed by atoms with Gasteiger partial charge in [-0.1, -0.05) is 12.1 Å². The van der Waals surface area contributed by atoms with Crippen LogP contribution in [0.5, 0.6) is 0 Å². The van der Waals surface area contributed by atoms with E-state index in [-0.39, 0.29) is 11.4 Å². The Morgan fingerprint density at radius 1 is 1.33 bits per heavy atom. The quantitative estimate of drug-likeness (QED) is 0.914. The van der Waals surface area contributed by atoms with Gasteiger partial charge >= 0.3 is 0 Å². The molecule has 1 aromatic carbocycles. The number of benzene rings is 1. The van der Waals surface area contributed by atoms with E-state index in [0.717, 1.165) is 16.3 Å². The maximum absolute atomic E-state index is 13.2. The van der Waals surface area contributed by atoms with E-state index in [4.69, 9.17) is 0 Å². The van der Waals surface area contributed by atoms with Crippen LogP contribution >= 0.6 is 11.3 Å². The number of nitrogens with zero attached hydrogens (tertiary/aromatic N) is 1. The zero-order chi connectivity index (χ0) is 13.3. The van der Waals surface area contributed by atoms with E-state index in [0.29, 0.717) is 0 Å². The fourth-order valence-electron chi connectivity index (χ4n) is 1.83. The van der Waals surface area contributed by atoms with Crippen LogP contribution in [0, 0.1) is 12.7 Å². The normalized spacial score (nSPS) is 11.8. The third-order valence-electron chi connectivity index (χ3n) is 3.06. The summed E-state index contributed by atoms with van der Waals surface area (Å²) < 4.78 is 13.2. The Hall–Kier alpha value is -1.26. The average molecular weight is 264 g/mol. The minimum absolute atomic E-state index is 0.118. The Morgan fingerprint density at radius 2 is 2.06 bits per heavy atom. The highest BCUT2D eigenvalue weighted by Crippen LogP contribution is 2.34. The Balaban J connectivity index is 2.47. The summed E-state index contributed by atoms with van der Waals surface area (Å²) in [7, 11) is 1.93. The lowest BCUT2D eigenvalue weighted by Gasteiger charge is -2.22. The summed E-state index contributed by atoms with van der Waals surface area (Å²) in [5.74, 6) is -0.227. The van der Waals surface area contributed by atoms with Crippen molar-refractivity contribution in [3.8, 4) is 10.6 Å². The molecule has 18 heavy (non-hydrogen) atoms. The van der Waals surface area contributed by atoms with Gasteiger partial charge in [-0.2, -0.15) is 0 Å². The van der Waals surface area contributed by atoms with Gasteiger partial charge < -0.3 is 5.32 Å². The zero-order valence-electron chi connectivity index (χ0n) is 11.0. The van der Waals surface area contributed by atoms with Gasteiger partial charge in [0.2, 0.25) is 0 Å². The Kier molecular flexibility index (Phi) is 3.50. The van der Waals surface area contributed by atoms with Crippen LogP contribution in [0.15, 0.2) is 24.3 Å². The number of aromatic nitrogens is 1. The lowest BCUT2D eigenvalue weighted by atomic mass is 10.0. The van der Waals surface area contributed by atoms with Crippen molar-refractivity contribution in [3.63, 3.8) is 0 Å². The van der Waals surface area contributed by atoms with Gasteiger partial charge in [-0.05, 0) is 40.0 Å². The maximum Gasteiger partial charge on any atom is 0.124 e. The lowest BCUT2D eigenvalue weighted by Crippen LogP contribution is -2.32. The van der Waals surface area contributed by atoms with Gasteiger partial charge in [0, 0.05) is 16.0 Å². The number of halogens is 1. The van der Waals surface area contributed by atoms with Crippen LogP contribution in [0.25, 0.3) is 10.6 Å². The van der Waals surface area contributed by atoms with Crippen molar-refractivity contribution in [2.24, 2.45) is 0 Å². The molecule has 0 spiro atoms. The fraction of sp³-hybridized carbons (Fsp3) is 0.357. The van der Waals surface area contributed by atoms with E-state index < -0.39 is 0 Å². The molecule has 0 bridgehead atoms. The molecular formula is C14H17FN2S. The third-order valence-corrected chi connectivity index (χ3v) is 4.59. The number of rotatable bonds is 3. The van der Waals surface area contributed by atoms with Gasteiger partial charge in [-0.3, -0.25) is 0 Å². The molecule has 2 nitrogen and oxygen atoms in total. The molecule has 0 fully saturated rings. The molecule has 0 aliphatic carbocycles. The molecule has 0 amide bonds. The second-order valence-electron chi connectivity index (χ2n) is 4.82. The van der Waals surface area contributed by atoms with Crippen molar-refractivity contribution < 1.29 is 4.39 Å². The van der Waals surface area contributed by atoms with E-state index in [9.17, 15) is 4.39 Å². The van der Waals surface area contributed by atoms with Crippen molar-refractivity contribution in [3.05, 3.63) is 40.7 Å². The standard InChI is InChI=1S/C14H17FN2S/c1-9-12(14(2,3)16-4)18-13(17-9)10-6-5-7-11(15)8-10/h5-8,16H,1-4H3. The summed E-state index contributed by atoms with van der Waals surface area (Å²) in [5, 5.41) is 4.14. The lowest BCUT2D eigenvalue weighted by molar-refractivity contribution is 0.450. The predicted molar refractivity (Wildman–Crippen MR) is 74.3 cm³/mol. The van der Waals surface area contributed by atoms with Crippen molar-refractivity contribution in [1.29, 1.82) is 0 Å². The molecule has 0 saturated heterocycles. The molecule has 0 aliphatic heterocycles. The SMILES string of the molecule is CNC(C)(C)c1sc(-c2cccc(F)c2)nc1C. The van der Waals surface area contributed by atoms with Crippen LogP contribution in [-0.4, -0.2) is 12.0 Å². The van der Waals surface area contributed by atoms with Crippen molar-refractivity contribution in [2.45, 2.75) is 26.3 Å². The molecule has 0 unspecified atom stereocenters. The Bertz CT molecular complexity index is 561. The van der Waals surface area contributed by atoms with E-state index in [1.54, 1.807) is 17.4 Å². The minimum Gasteiger partial charge on any atom is -0.310 e.